The summed E-state index contributed by atoms with van der Waals surface area (Å²) in [4.78, 5) is 2.33. The Morgan fingerprint density at radius 3 is 1.85 bits per heavy atom. The molecule has 0 saturated heterocycles. The molecule has 1 aliphatic rings. The SMILES string of the molecule is C=C/C=C(\C=C)N(c1cc2c(c(C=C)c1C=C)-c1ccc(-c3cccc(C=C)c3C=C)cc1C2(c1ccccc1)c1ccccc1)c1cccc2c1c1ccccc1n2C. The Balaban J connectivity index is 1.46. The van der Waals surface area contributed by atoms with Crippen molar-refractivity contribution in [3.05, 3.63) is 253 Å². The van der Waals surface area contributed by atoms with E-state index in [0.717, 1.165) is 94.7 Å². The summed E-state index contributed by atoms with van der Waals surface area (Å²) in [5.74, 6) is 0. The van der Waals surface area contributed by atoms with Crippen molar-refractivity contribution in [1.82, 2.24) is 4.57 Å². The van der Waals surface area contributed by atoms with Crippen LogP contribution in [0.1, 0.15) is 44.5 Å². The molecule has 1 aromatic heterocycles. The number of aromatic nitrogens is 1. The zero-order valence-corrected chi connectivity index (χ0v) is 34.0. The number of para-hydroxylation sites is 1. The summed E-state index contributed by atoms with van der Waals surface area (Å²) in [6.45, 7) is 25.9. The number of rotatable bonds is 12. The summed E-state index contributed by atoms with van der Waals surface area (Å²) in [5.41, 5.74) is 17.7. The maximum atomic E-state index is 4.52. The summed E-state index contributed by atoms with van der Waals surface area (Å²) >= 11 is 0. The van der Waals surface area contributed by atoms with E-state index in [1.807, 2.05) is 42.5 Å². The first-order valence-electron chi connectivity index (χ1n) is 20.3. The first-order chi connectivity index (χ1) is 29.5. The Morgan fingerprint density at radius 1 is 0.550 bits per heavy atom. The van der Waals surface area contributed by atoms with Crippen LogP contribution in [0.5, 0.6) is 0 Å². The number of hydrogen-bond acceptors (Lipinski definition) is 1. The highest BCUT2D eigenvalue weighted by atomic mass is 15.2. The zero-order valence-electron chi connectivity index (χ0n) is 34.0. The fourth-order valence-electron chi connectivity index (χ4n) is 9.83. The minimum Gasteiger partial charge on any atom is -0.344 e. The lowest BCUT2D eigenvalue weighted by Crippen LogP contribution is -2.29. The van der Waals surface area contributed by atoms with Crippen LogP contribution in [0.2, 0.25) is 0 Å². The summed E-state index contributed by atoms with van der Waals surface area (Å²) in [7, 11) is 2.14. The molecule has 60 heavy (non-hydrogen) atoms. The quantitative estimate of drug-likeness (QED) is 0.112. The van der Waals surface area contributed by atoms with E-state index >= 15 is 0 Å². The largest absolute Gasteiger partial charge is 0.344 e. The molecule has 1 aliphatic carbocycles. The van der Waals surface area contributed by atoms with E-state index in [1.54, 1.807) is 0 Å². The molecular formula is C58H46N2. The molecule has 288 valence electrons. The topological polar surface area (TPSA) is 8.17 Å². The van der Waals surface area contributed by atoms with Crippen LogP contribution in [0.3, 0.4) is 0 Å². The monoisotopic (exact) mass is 770 g/mol. The van der Waals surface area contributed by atoms with Crippen molar-refractivity contribution in [1.29, 1.82) is 0 Å². The maximum absolute atomic E-state index is 4.52. The van der Waals surface area contributed by atoms with Crippen LogP contribution in [0.4, 0.5) is 11.4 Å². The molecule has 0 amide bonds. The predicted octanol–water partition coefficient (Wildman–Crippen LogP) is 15.3. The van der Waals surface area contributed by atoms with Crippen molar-refractivity contribution in [2.75, 3.05) is 4.90 Å². The first kappa shape index (κ1) is 37.9. The Hall–Kier alpha value is -7.68. The van der Waals surface area contributed by atoms with Crippen LogP contribution < -0.4 is 4.90 Å². The second-order valence-corrected chi connectivity index (χ2v) is 15.1. The van der Waals surface area contributed by atoms with Gasteiger partial charge >= 0.3 is 0 Å². The molecule has 2 nitrogen and oxygen atoms in total. The van der Waals surface area contributed by atoms with Gasteiger partial charge in [-0.2, -0.15) is 0 Å². The average molecular weight is 771 g/mol. The van der Waals surface area contributed by atoms with Gasteiger partial charge in [-0.15, -0.1) is 0 Å². The smallest absolute Gasteiger partial charge is 0.0714 e. The molecule has 7 aromatic carbocycles. The van der Waals surface area contributed by atoms with Crippen LogP contribution in [-0.4, -0.2) is 4.57 Å². The molecule has 0 N–H and O–H groups in total. The molecule has 0 saturated carbocycles. The van der Waals surface area contributed by atoms with E-state index in [-0.39, 0.29) is 0 Å². The van der Waals surface area contributed by atoms with Gasteiger partial charge in [-0.3, -0.25) is 0 Å². The molecule has 0 radical (unpaired) electrons. The van der Waals surface area contributed by atoms with Crippen LogP contribution in [0.15, 0.2) is 209 Å². The molecule has 0 bridgehead atoms. The lowest BCUT2D eigenvalue weighted by atomic mass is 9.67. The standard InChI is InChI=1S/C58H46N2/c1-8-24-43(10-3)60(54-34-23-33-53-57(54)49-30-20-21-32-52(49)59(53)7)55-38-51-56(46(13-6)45(55)12-5)48-36-35-40(47-31-22-25-39(9-2)44(47)11-4)37-50(48)58(51,41-26-16-14-17-27-41)42-28-18-15-19-29-42/h8-38H,1-6H2,7H3/b43-24+. The van der Waals surface area contributed by atoms with Gasteiger partial charge in [0.2, 0.25) is 0 Å². The number of hydrogen-bond donors (Lipinski definition) is 0. The highest BCUT2D eigenvalue weighted by Crippen LogP contribution is 2.60. The molecule has 0 aliphatic heterocycles. The number of nitrogens with zero attached hydrogens (tertiary/aromatic N) is 2. The number of benzene rings is 7. The van der Waals surface area contributed by atoms with Crippen molar-refractivity contribution in [3.63, 3.8) is 0 Å². The summed E-state index contributed by atoms with van der Waals surface area (Å²) in [6.07, 6.45) is 13.6. The van der Waals surface area contributed by atoms with Gasteiger partial charge in [-0.1, -0.05) is 185 Å². The Bertz CT molecular complexity index is 3060. The molecule has 0 fully saturated rings. The van der Waals surface area contributed by atoms with Crippen molar-refractivity contribution in [2.24, 2.45) is 7.05 Å². The molecule has 9 rings (SSSR count). The zero-order chi connectivity index (χ0) is 41.5. The summed E-state index contributed by atoms with van der Waals surface area (Å²) in [5, 5.41) is 2.32. The normalized spacial score (nSPS) is 12.7. The van der Waals surface area contributed by atoms with Gasteiger partial charge in [-0.05, 0) is 104 Å². The Labute approximate surface area is 353 Å². The molecule has 2 heteroatoms. The van der Waals surface area contributed by atoms with E-state index in [4.69, 9.17) is 0 Å². The minimum atomic E-state index is -0.729. The Kier molecular flexibility index (Phi) is 9.62. The third-order valence-corrected chi connectivity index (χ3v) is 12.3. The fraction of sp³-hybridized carbons (Fsp3) is 0.0345. The van der Waals surface area contributed by atoms with Crippen molar-refractivity contribution >= 4 is 57.5 Å². The fourth-order valence-corrected chi connectivity index (χ4v) is 9.83. The molecular weight excluding hydrogens is 725 g/mol. The predicted molar refractivity (Wildman–Crippen MR) is 261 cm³/mol. The van der Waals surface area contributed by atoms with E-state index in [2.05, 4.69) is 202 Å². The van der Waals surface area contributed by atoms with Crippen LogP contribution in [0.25, 0.3) is 68.4 Å². The number of fused-ring (bicyclic) bond motifs is 6. The van der Waals surface area contributed by atoms with Gasteiger partial charge in [0, 0.05) is 34.6 Å². The molecule has 0 spiro atoms. The third kappa shape index (κ3) is 5.49. The molecule has 0 unspecified atom stereocenters. The van der Waals surface area contributed by atoms with E-state index in [0.29, 0.717) is 0 Å². The van der Waals surface area contributed by atoms with Crippen molar-refractivity contribution in [3.8, 4) is 22.3 Å². The summed E-state index contributed by atoms with van der Waals surface area (Å²) in [6, 6.07) is 52.7. The second-order valence-electron chi connectivity index (χ2n) is 15.1. The van der Waals surface area contributed by atoms with Crippen LogP contribution in [0, 0.1) is 0 Å². The lowest BCUT2D eigenvalue weighted by molar-refractivity contribution is 0.768. The van der Waals surface area contributed by atoms with Gasteiger partial charge in [0.15, 0.2) is 0 Å². The van der Waals surface area contributed by atoms with Gasteiger partial charge in [-0.25, -0.2) is 0 Å². The van der Waals surface area contributed by atoms with Crippen LogP contribution in [-0.2, 0) is 12.5 Å². The highest BCUT2D eigenvalue weighted by Gasteiger charge is 2.48. The van der Waals surface area contributed by atoms with Gasteiger partial charge in [0.25, 0.3) is 0 Å². The molecule has 8 aromatic rings. The highest BCUT2D eigenvalue weighted by molar-refractivity contribution is 6.15. The average Bonchev–Trinajstić information content (AvgIpc) is 3.77. The summed E-state index contributed by atoms with van der Waals surface area (Å²) < 4.78 is 2.27. The van der Waals surface area contributed by atoms with Crippen molar-refractivity contribution < 1.29 is 0 Å². The van der Waals surface area contributed by atoms with Gasteiger partial charge in [0.05, 0.1) is 22.3 Å². The first-order valence-corrected chi connectivity index (χ1v) is 20.3. The van der Waals surface area contributed by atoms with E-state index < -0.39 is 5.41 Å². The molecule has 0 atom stereocenters. The lowest BCUT2D eigenvalue weighted by Gasteiger charge is -2.36. The molecule has 1 heterocycles. The third-order valence-electron chi connectivity index (χ3n) is 12.3. The van der Waals surface area contributed by atoms with Gasteiger partial charge < -0.3 is 9.47 Å². The number of aryl methyl sites for hydroxylation is 1. The second kappa shape index (κ2) is 15.2. The minimum absolute atomic E-state index is 0.729. The number of allylic oxidation sites excluding steroid dienone is 3. The Morgan fingerprint density at radius 2 is 1.20 bits per heavy atom. The van der Waals surface area contributed by atoms with Crippen molar-refractivity contribution in [2.45, 2.75) is 5.41 Å². The van der Waals surface area contributed by atoms with Gasteiger partial charge in [0.1, 0.15) is 0 Å². The van der Waals surface area contributed by atoms with E-state index in [9.17, 15) is 0 Å². The number of anilines is 2. The van der Waals surface area contributed by atoms with E-state index in [1.165, 1.54) is 10.9 Å². The maximum Gasteiger partial charge on any atom is 0.0714 e. The van der Waals surface area contributed by atoms with Crippen LogP contribution >= 0.6 is 0 Å².